The van der Waals surface area contributed by atoms with Gasteiger partial charge in [-0.25, -0.2) is 9.97 Å². The number of hydrogen-bond donors (Lipinski definition) is 0. The van der Waals surface area contributed by atoms with Crippen LogP contribution < -0.4 is 0 Å². The van der Waals surface area contributed by atoms with Crippen molar-refractivity contribution in [2.24, 2.45) is 0 Å². The minimum atomic E-state index is -0.506. The van der Waals surface area contributed by atoms with E-state index in [-0.39, 0.29) is 0 Å². The highest BCUT2D eigenvalue weighted by molar-refractivity contribution is 5.96. The van der Waals surface area contributed by atoms with Crippen LogP contribution in [0.2, 0.25) is 0 Å². The summed E-state index contributed by atoms with van der Waals surface area (Å²) < 4.78 is 0. The lowest BCUT2D eigenvalue weighted by molar-refractivity contribution is 0.793. The fourth-order valence-corrected chi connectivity index (χ4v) is 9.20. The summed E-state index contributed by atoms with van der Waals surface area (Å²) in [6.45, 7) is 0. The first-order chi connectivity index (χ1) is 28.2. The maximum atomic E-state index is 10.1. The van der Waals surface area contributed by atoms with E-state index in [4.69, 9.17) is 9.97 Å². The van der Waals surface area contributed by atoms with Crippen LogP contribution in [0.25, 0.3) is 78.4 Å². The van der Waals surface area contributed by atoms with Crippen LogP contribution in [0.3, 0.4) is 0 Å². The molecule has 0 saturated carbocycles. The first kappa shape index (κ1) is 32.7. The Bertz CT molecular complexity index is 3040. The van der Waals surface area contributed by atoms with Gasteiger partial charge in [-0.3, -0.25) is 0 Å². The molecule has 1 aromatic heterocycles. The largest absolute Gasteiger partial charge is 0.228 e. The Morgan fingerprint density at radius 1 is 0.333 bits per heavy atom. The van der Waals surface area contributed by atoms with Crippen LogP contribution in [0, 0.1) is 11.3 Å². The Morgan fingerprint density at radius 2 is 0.842 bits per heavy atom. The molecule has 0 aliphatic heterocycles. The van der Waals surface area contributed by atoms with Gasteiger partial charge in [-0.05, 0) is 103 Å². The van der Waals surface area contributed by atoms with Crippen LogP contribution in [-0.2, 0) is 5.41 Å². The van der Waals surface area contributed by atoms with Crippen LogP contribution in [0.4, 0.5) is 0 Å². The van der Waals surface area contributed by atoms with E-state index in [2.05, 4.69) is 176 Å². The lowest BCUT2D eigenvalue weighted by atomic mass is 9.70. The first-order valence-corrected chi connectivity index (χ1v) is 19.3. The van der Waals surface area contributed by atoms with E-state index >= 15 is 0 Å². The molecule has 264 valence electrons. The van der Waals surface area contributed by atoms with Crippen molar-refractivity contribution in [3.8, 4) is 84.5 Å². The molecule has 0 N–H and O–H groups in total. The highest BCUT2D eigenvalue weighted by Crippen LogP contribution is 2.63. The molecule has 0 bridgehead atoms. The third-order valence-corrected chi connectivity index (χ3v) is 11.7. The molecule has 3 nitrogen and oxygen atoms in total. The second-order valence-electron chi connectivity index (χ2n) is 14.8. The third kappa shape index (κ3) is 5.12. The lowest BCUT2D eigenvalue weighted by Gasteiger charge is -2.30. The quantitative estimate of drug-likeness (QED) is 0.178. The third-order valence-electron chi connectivity index (χ3n) is 11.7. The van der Waals surface area contributed by atoms with Gasteiger partial charge in [0.2, 0.25) is 0 Å². The van der Waals surface area contributed by atoms with Gasteiger partial charge in [-0.1, -0.05) is 164 Å². The number of fused-ring (bicyclic) bond motifs is 10. The summed E-state index contributed by atoms with van der Waals surface area (Å²) in [4.78, 5) is 10.3. The molecular weight excluding hydrogens is 691 g/mol. The maximum Gasteiger partial charge on any atom is 0.160 e. The molecule has 0 atom stereocenters. The number of benzene rings is 8. The van der Waals surface area contributed by atoms with Gasteiger partial charge >= 0.3 is 0 Å². The van der Waals surface area contributed by atoms with Crippen molar-refractivity contribution in [3.63, 3.8) is 0 Å². The summed E-state index contributed by atoms with van der Waals surface area (Å²) in [5.41, 5.74) is 19.2. The van der Waals surface area contributed by atoms with Crippen LogP contribution in [0.15, 0.2) is 200 Å². The predicted octanol–water partition coefficient (Wildman–Crippen LogP) is 13.0. The molecule has 2 aliphatic rings. The molecule has 57 heavy (non-hydrogen) atoms. The minimum Gasteiger partial charge on any atom is -0.228 e. The van der Waals surface area contributed by atoms with E-state index in [1.807, 2.05) is 30.3 Å². The zero-order valence-electron chi connectivity index (χ0n) is 30.9. The maximum absolute atomic E-state index is 10.1. The highest BCUT2D eigenvalue weighted by Gasteiger charge is 2.51. The molecule has 3 heteroatoms. The summed E-state index contributed by atoms with van der Waals surface area (Å²) >= 11 is 0. The van der Waals surface area contributed by atoms with Crippen molar-refractivity contribution in [1.29, 1.82) is 5.26 Å². The van der Waals surface area contributed by atoms with Crippen molar-refractivity contribution in [2.75, 3.05) is 0 Å². The average Bonchev–Trinajstić information content (AvgIpc) is 3.76. The van der Waals surface area contributed by atoms with Crippen LogP contribution in [0.1, 0.15) is 27.8 Å². The molecular formula is C54H33N3. The second kappa shape index (κ2) is 13.0. The standard InChI is InChI=1S/C54H33N3/c55-34-35-25-27-45-46-32-40(26-28-49(46)54(50(45)29-35)47-23-9-7-21-43(47)44-22-8-10-24-48(44)54)39-18-11-19-41(30-39)52-33-51(37-15-5-2-6-16-37)56-53(57-52)42-20-12-17-38(31-42)36-13-3-1-4-14-36/h1-33H. The monoisotopic (exact) mass is 723 g/mol. The van der Waals surface area contributed by atoms with Crippen LogP contribution in [0.5, 0.6) is 0 Å². The first-order valence-electron chi connectivity index (χ1n) is 19.3. The fraction of sp³-hybridized carbons (Fsp3) is 0.0185. The zero-order chi connectivity index (χ0) is 37.9. The Balaban J connectivity index is 1.06. The molecule has 0 unspecified atom stereocenters. The SMILES string of the molecule is N#Cc1ccc2c(c1)C1(c3ccccc3-c3ccccc31)c1ccc(-c3cccc(-c4cc(-c5ccccc5)nc(-c5cccc(-c6ccccc6)c5)n4)c3)cc1-2. The van der Waals surface area contributed by atoms with Crippen molar-refractivity contribution < 1.29 is 0 Å². The molecule has 1 heterocycles. The number of nitriles is 1. The molecule has 1 spiro atoms. The van der Waals surface area contributed by atoms with Crippen molar-refractivity contribution in [1.82, 2.24) is 9.97 Å². The van der Waals surface area contributed by atoms with Gasteiger partial charge in [0, 0.05) is 16.7 Å². The van der Waals surface area contributed by atoms with Gasteiger partial charge in [0.1, 0.15) is 0 Å². The molecule has 0 saturated heterocycles. The van der Waals surface area contributed by atoms with E-state index < -0.39 is 5.41 Å². The van der Waals surface area contributed by atoms with Crippen molar-refractivity contribution >= 4 is 0 Å². The predicted molar refractivity (Wildman–Crippen MR) is 230 cm³/mol. The Labute approximate surface area is 331 Å². The molecule has 11 rings (SSSR count). The van der Waals surface area contributed by atoms with E-state index in [1.165, 1.54) is 38.9 Å². The van der Waals surface area contributed by atoms with Gasteiger partial charge in [0.15, 0.2) is 5.82 Å². The van der Waals surface area contributed by atoms with E-state index in [9.17, 15) is 5.26 Å². The lowest BCUT2D eigenvalue weighted by Crippen LogP contribution is -2.25. The van der Waals surface area contributed by atoms with Crippen LogP contribution >= 0.6 is 0 Å². The fourth-order valence-electron chi connectivity index (χ4n) is 9.20. The average molecular weight is 724 g/mol. The topological polar surface area (TPSA) is 49.6 Å². The smallest absolute Gasteiger partial charge is 0.160 e. The van der Waals surface area contributed by atoms with Gasteiger partial charge in [0.25, 0.3) is 0 Å². The number of nitrogens with zero attached hydrogens (tertiary/aromatic N) is 3. The highest BCUT2D eigenvalue weighted by atomic mass is 14.9. The molecule has 2 aliphatic carbocycles. The van der Waals surface area contributed by atoms with Gasteiger partial charge in [0.05, 0.1) is 28.4 Å². The van der Waals surface area contributed by atoms with E-state index in [0.717, 1.165) is 55.9 Å². The van der Waals surface area contributed by atoms with E-state index in [1.54, 1.807) is 0 Å². The summed E-state index contributed by atoms with van der Waals surface area (Å²) in [6, 6.07) is 73.1. The number of hydrogen-bond acceptors (Lipinski definition) is 3. The molecule has 9 aromatic rings. The van der Waals surface area contributed by atoms with Crippen molar-refractivity contribution in [2.45, 2.75) is 5.41 Å². The van der Waals surface area contributed by atoms with Crippen molar-refractivity contribution in [3.05, 3.63) is 228 Å². The molecule has 8 aromatic carbocycles. The van der Waals surface area contributed by atoms with E-state index in [0.29, 0.717) is 11.4 Å². The Hall–Kier alpha value is -7.67. The summed E-state index contributed by atoms with van der Waals surface area (Å²) in [7, 11) is 0. The molecule has 0 fully saturated rings. The summed E-state index contributed by atoms with van der Waals surface area (Å²) in [5, 5.41) is 10.1. The number of aromatic nitrogens is 2. The minimum absolute atomic E-state index is 0.506. The van der Waals surface area contributed by atoms with Crippen LogP contribution in [-0.4, -0.2) is 9.97 Å². The second-order valence-corrected chi connectivity index (χ2v) is 14.8. The summed E-state index contributed by atoms with van der Waals surface area (Å²) in [6.07, 6.45) is 0. The summed E-state index contributed by atoms with van der Waals surface area (Å²) in [5.74, 6) is 0.683. The molecule has 0 radical (unpaired) electrons. The Morgan fingerprint density at radius 3 is 1.54 bits per heavy atom. The van der Waals surface area contributed by atoms with Gasteiger partial charge in [-0.2, -0.15) is 5.26 Å². The Kier molecular flexibility index (Phi) is 7.45. The normalized spacial score (nSPS) is 12.7. The molecule has 0 amide bonds. The number of rotatable bonds is 5. The van der Waals surface area contributed by atoms with Gasteiger partial charge < -0.3 is 0 Å². The zero-order valence-corrected chi connectivity index (χ0v) is 30.9. The van der Waals surface area contributed by atoms with Gasteiger partial charge in [-0.15, -0.1) is 0 Å².